The van der Waals surface area contributed by atoms with Crippen molar-refractivity contribution >= 4 is 52.1 Å². The van der Waals surface area contributed by atoms with Gasteiger partial charge >= 0.3 is 0 Å². The maximum atomic E-state index is 13.3. The Morgan fingerprint density at radius 3 is 2.64 bits per heavy atom. The molecule has 0 atom stereocenters. The number of ether oxygens (including phenoxy) is 2. The number of hydrogen-bond acceptors (Lipinski definition) is 6. The number of anilines is 1. The molecule has 0 bridgehead atoms. The minimum absolute atomic E-state index is 0.0803. The number of methoxy groups -OCH3 is 2. The second-order valence-corrected chi connectivity index (χ2v) is 9.04. The van der Waals surface area contributed by atoms with Gasteiger partial charge in [-0.05, 0) is 54.7 Å². The smallest absolute Gasteiger partial charge is 0.283 e. The summed E-state index contributed by atoms with van der Waals surface area (Å²) in [5, 5.41) is 3.80. The average Bonchev–Trinajstić information content (AvgIpc) is 3.61. The van der Waals surface area contributed by atoms with Crippen molar-refractivity contribution in [3.8, 4) is 11.5 Å². The summed E-state index contributed by atoms with van der Waals surface area (Å²) in [4.78, 5) is 31.6. The third-order valence-electron chi connectivity index (χ3n) is 5.26. The highest BCUT2D eigenvalue weighted by Gasteiger charge is 2.33. The van der Waals surface area contributed by atoms with E-state index < -0.39 is 0 Å². The molecule has 1 aliphatic carbocycles. The quantitative estimate of drug-likeness (QED) is 0.562. The lowest BCUT2D eigenvalue weighted by Gasteiger charge is -2.19. The van der Waals surface area contributed by atoms with E-state index in [1.54, 1.807) is 31.4 Å². The topological polar surface area (TPSA) is 80.2 Å². The molecule has 1 N–H and O–H groups in total. The lowest BCUT2D eigenvalue weighted by molar-refractivity contribution is -0.118. The Bertz CT molecular complexity index is 1110. The van der Waals surface area contributed by atoms with Gasteiger partial charge in [0.1, 0.15) is 17.2 Å². The summed E-state index contributed by atoms with van der Waals surface area (Å²) in [5.41, 5.74) is 1.64. The Kier molecular flexibility index (Phi) is 7.25. The molecule has 9 heteroatoms. The van der Waals surface area contributed by atoms with Gasteiger partial charge in [0.15, 0.2) is 5.17 Å². The van der Waals surface area contributed by atoms with Gasteiger partial charge in [-0.25, -0.2) is 4.99 Å². The number of carbonyl (C=O) groups is 2. The van der Waals surface area contributed by atoms with E-state index in [4.69, 9.17) is 21.1 Å². The number of carbonyl (C=O) groups excluding carboxylic acids is 2. The lowest BCUT2D eigenvalue weighted by atomic mass is 10.2. The second kappa shape index (κ2) is 10.3. The predicted octanol–water partition coefficient (Wildman–Crippen LogP) is 4.36. The Morgan fingerprint density at radius 2 is 1.97 bits per heavy atom. The van der Waals surface area contributed by atoms with Crippen LogP contribution in [0.5, 0.6) is 11.5 Å². The Morgan fingerprint density at radius 1 is 1.21 bits per heavy atom. The maximum absolute atomic E-state index is 13.3. The molecule has 2 aromatic rings. The van der Waals surface area contributed by atoms with E-state index in [2.05, 4.69) is 10.3 Å². The number of aliphatic imine (C=N–C) groups is 1. The van der Waals surface area contributed by atoms with Crippen LogP contribution in [-0.2, 0) is 9.59 Å². The van der Waals surface area contributed by atoms with Crippen LogP contribution in [-0.4, -0.2) is 43.5 Å². The van der Waals surface area contributed by atoms with E-state index in [-0.39, 0.29) is 23.3 Å². The molecule has 1 saturated carbocycles. The number of nitrogens with one attached hydrogen (secondary N) is 1. The van der Waals surface area contributed by atoms with Gasteiger partial charge in [-0.2, -0.15) is 0 Å². The van der Waals surface area contributed by atoms with E-state index >= 15 is 0 Å². The lowest BCUT2D eigenvalue weighted by Crippen LogP contribution is -2.32. The summed E-state index contributed by atoms with van der Waals surface area (Å²) >= 11 is 7.38. The number of halogens is 1. The fraction of sp³-hybridized carbons (Fsp3) is 0.292. The van der Waals surface area contributed by atoms with Crippen molar-refractivity contribution in [2.24, 2.45) is 10.9 Å². The minimum Gasteiger partial charge on any atom is -0.497 e. The van der Waals surface area contributed by atoms with Crippen molar-refractivity contribution in [3.05, 3.63) is 58.7 Å². The van der Waals surface area contributed by atoms with Crippen LogP contribution in [0.25, 0.3) is 6.08 Å². The van der Waals surface area contributed by atoms with Gasteiger partial charge in [0.05, 0.1) is 30.7 Å². The first kappa shape index (κ1) is 23.2. The second-order valence-electron chi connectivity index (χ2n) is 7.69. The van der Waals surface area contributed by atoms with Crippen LogP contribution in [0, 0.1) is 5.92 Å². The van der Waals surface area contributed by atoms with E-state index in [1.165, 1.54) is 36.6 Å². The normalized spacial score (nSPS) is 16.7. The van der Waals surface area contributed by atoms with Gasteiger partial charge < -0.3 is 14.8 Å². The first-order valence-corrected chi connectivity index (χ1v) is 11.9. The monoisotopic (exact) mass is 485 g/mol. The molecule has 2 aromatic carbocycles. The number of hydrogen-bond donors (Lipinski definition) is 1. The van der Waals surface area contributed by atoms with E-state index in [9.17, 15) is 9.59 Å². The summed E-state index contributed by atoms with van der Waals surface area (Å²) < 4.78 is 10.5. The third-order valence-corrected chi connectivity index (χ3v) is 6.51. The van der Waals surface area contributed by atoms with Gasteiger partial charge in [-0.15, -0.1) is 0 Å². The molecule has 172 valence electrons. The van der Waals surface area contributed by atoms with E-state index in [1.807, 2.05) is 24.3 Å². The molecule has 2 amide bonds. The van der Waals surface area contributed by atoms with Crippen LogP contribution in [0.4, 0.5) is 5.69 Å². The molecule has 4 rings (SSSR count). The van der Waals surface area contributed by atoms with Gasteiger partial charge in [0.2, 0.25) is 5.91 Å². The highest BCUT2D eigenvalue weighted by Crippen LogP contribution is 2.34. The van der Waals surface area contributed by atoms with Crippen LogP contribution in [0.1, 0.15) is 18.4 Å². The number of amides is 2. The molecule has 0 saturated heterocycles. The molecular weight excluding hydrogens is 462 g/mol. The summed E-state index contributed by atoms with van der Waals surface area (Å²) in [6.45, 7) is 0.700. The Labute approximate surface area is 201 Å². The number of benzene rings is 2. The summed E-state index contributed by atoms with van der Waals surface area (Å²) in [7, 11) is 3.11. The Hall–Kier alpha value is -2.97. The fourth-order valence-corrected chi connectivity index (χ4v) is 4.26. The van der Waals surface area contributed by atoms with Crippen molar-refractivity contribution in [2.75, 3.05) is 31.4 Å². The predicted molar refractivity (Wildman–Crippen MR) is 132 cm³/mol. The molecule has 0 radical (unpaired) electrons. The van der Waals surface area contributed by atoms with Crippen molar-refractivity contribution in [1.82, 2.24) is 5.32 Å². The molecule has 33 heavy (non-hydrogen) atoms. The largest absolute Gasteiger partial charge is 0.497 e. The summed E-state index contributed by atoms with van der Waals surface area (Å²) in [5.74, 6) is 1.55. The molecule has 1 aliphatic heterocycles. The number of thioether (sulfide) groups is 1. The molecule has 7 nitrogen and oxygen atoms in total. The van der Waals surface area contributed by atoms with Gasteiger partial charge in [-0.1, -0.05) is 35.5 Å². The molecule has 0 aromatic heterocycles. The van der Waals surface area contributed by atoms with Crippen LogP contribution in [0.2, 0.25) is 5.02 Å². The molecule has 0 spiro atoms. The van der Waals surface area contributed by atoms with E-state index in [0.29, 0.717) is 34.1 Å². The summed E-state index contributed by atoms with van der Waals surface area (Å²) in [6.07, 6.45) is 4.04. The van der Waals surface area contributed by atoms with Crippen molar-refractivity contribution in [3.63, 3.8) is 0 Å². The first-order chi connectivity index (χ1) is 16.0. The Balaban J connectivity index is 1.59. The highest BCUT2D eigenvalue weighted by atomic mass is 35.5. The number of rotatable bonds is 8. The molecule has 2 aliphatic rings. The van der Waals surface area contributed by atoms with Gasteiger partial charge in [0, 0.05) is 12.6 Å². The van der Waals surface area contributed by atoms with Crippen molar-refractivity contribution in [2.45, 2.75) is 12.8 Å². The van der Waals surface area contributed by atoms with Gasteiger partial charge in [0.25, 0.3) is 5.91 Å². The molecule has 1 fully saturated rings. The first-order valence-electron chi connectivity index (χ1n) is 10.5. The SMILES string of the molecule is COc1ccc(/C=C2\N=C(SCC(=O)NCC3CC3)N(c3ccc(Cl)c(OC)c3)C2=O)cc1. The molecular formula is C24H24ClN3O4S. The number of nitrogens with zero attached hydrogens (tertiary/aromatic N) is 2. The fourth-order valence-electron chi connectivity index (χ4n) is 3.23. The standard InChI is InChI=1S/C24H24ClN3O4S/c1-31-18-8-5-15(6-9-18)11-20-23(30)28(17-7-10-19(25)21(12-17)32-2)24(27-20)33-14-22(29)26-13-16-3-4-16/h5-12,16H,3-4,13-14H2,1-2H3,(H,26,29)/b20-11-. The van der Waals surface area contributed by atoms with Crippen LogP contribution >= 0.6 is 23.4 Å². The van der Waals surface area contributed by atoms with Crippen molar-refractivity contribution in [1.29, 1.82) is 0 Å². The third kappa shape index (κ3) is 5.69. The molecule has 0 unspecified atom stereocenters. The minimum atomic E-state index is -0.295. The van der Waals surface area contributed by atoms with E-state index in [0.717, 1.165) is 11.3 Å². The van der Waals surface area contributed by atoms with Crippen molar-refractivity contribution < 1.29 is 19.1 Å². The van der Waals surface area contributed by atoms with Crippen LogP contribution < -0.4 is 19.7 Å². The molecule has 1 heterocycles. The van der Waals surface area contributed by atoms with Crippen LogP contribution in [0.3, 0.4) is 0 Å². The summed E-state index contributed by atoms with van der Waals surface area (Å²) in [6, 6.07) is 12.4. The maximum Gasteiger partial charge on any atom is 0.283 e. The van der Waals surface area contributed by atoms with Gasteiger partial charge in [-0.3, -0.25) is 14.5 Å². The zero-order valence-electron chi connectivity index (χ0n) is 18.3. The average molecular weight is 486 g/mol. The zero-order chi connectivity index (χ0) is 23.4. The number of amidine groups is 1. The highest BCUT2D eigenvalue weighted by molar-refractivity contribution is 8.14. The zero-order valence-corrected chi connectivity index (χ0v) is 19.9. The van der Waals surface area contributed by atoms with Crippen LogP contribution in [0.15, 0.2) is 53.2 Å².